The van der Waals surface area contributed by atoms with Crippen LogP contribution in [0.5, 0.6) is 0 Å². The fraction of sp³-hybridized carbons (Fsp3) is 0.500. The lowest BCUT2D eigenvalue weighted by atomic mass is 10.4. The van der Waals surface area contributed by atoms with Crippen LogP contribution in [0.3, 0.4) is 0 Å². The van der Waals surface area contributed by atoms with Gasteiger partial charge in [-0.3, -0.25) is 4.39 Å². The summed E-state index contributed by atoms with van der Waals surface area (Å²) < 4.78 is 12.8. The first-order valence-corrected chi connectivity index (χ1v) is 5.45. The SMILES string of the molecule is FCCCNCc1ccc(Br)s1. The van der Waals surface area contributed by atoms with Crippen LogP contribution in [0.4, 0.5) is 4.39 Å². The van der Waals surface area contributed by atoms with E-state index < -0.39 is 0 Å². The molecule has 0 fully saturated rings. The molecule has 0 aliphatic carbocycles. The van der Waals surface area contributed by atoms with E-state index in [4.69, 9.17) is 0 Å². The van der Waals surface area contributed by atoms with Crippen molar-refractivity contribution >= 4 is 27.3 Å². The van der Waals surface area contributed by atoms with Gasteiger partial charge in [0.05, 0.1) is 10.5 Å². The molecule has 0 saturated carbocycles. The third-order valence-corrected chi connectivity index (χ3v) is 3.04. The summed E-state index contributed by atoms with van der Waals surface area (Å²) in [5, 5.41) is 3.17. The summed E-state index contributed by atoms with van der Waals surface area (Å²) in [7, 11) is 0. The molecule has 0 unspecified atom stereocenters. The molecule has 1 N–H and O–H groups in total. The van der Waals surface area contributed by atoms with Gasteiger partial charge in [-0.15, -0.1) is 11.3 Å². The fourth-order valence-corrected chi connectivity index (χ4v) is 2.30. The van der Waals surface area contributed by atoms with Gasteiger partial charge < -0.3 is 5.32 Å². The number of halogens is 2. The van der Waals surface area contributed by atoms with Crippen LogP contribution in [-0.2, 0) is 6.54 Å². The number of thiophene rings is 1. The summed E-state index contributed by atoms with van der Waals surface area (Å²) in [5.41, 5.74) is 0. The van der Waals surface area contributed by atoms with E-state index in [2.05, 4.69) is 27.3 Å². The Morgan fingerprint density at radius 3 is 2.92 bits per heavy atom. The average Bonchev–Trinajstić information content (AvgIpc) is 2.45. The molecule has 1 rings (SSSR count). The molecule has 1 nitrogen and oxygen atoms in total. The van der Waals surface area contributed by atoms with E-state index in [-0.39, 0.29) is 6.67 Å². The minimum atomic E-state index is -0.235. The van der Waals surface area contributed by atoms with Crippen molar-refractivity contribution in [2.45, 2.75) is 13.0 Å². The second kappa shape index (κ2) is 5.67. The van der Waals surface area contributed by atoms with Crippen molar-refractivity contribution in [1.82, 2.24) is 5.32 Å². The molecule has 0 spiro atoms. The molecule has 0 bridgehead atoms. The van der Waals surface area contributed by atoms with E-state index in [1.165, 1.54) is 4.88 Å². The zero-order valence-electron chi connectivity index (χ0n) is 6.65. The van der Waals surface area contributed by atoms with Crippen LogP contribution < -0.4 is 5.32 Å². The van der Waals surface area contributed by atoms with Gasteiger partial charge >= 0.3 is 0 Å². The number of hydrogen-bond acceptors (Lipinski definition) is 2. The Bertz CT molecular complexity index is 227. The highest BCUT2D eigenvalue weighted by molar-refractivity contribution is 9.11. The highest BCUT2D eigenvalue weighted by Crippen LogP contribution is 2.21. The van der Waals surface area contributed by atoms with Crippen LogP contribution in [0, 0.1) is 0 Å². The summed E-state index contributed by atoms with van der Waals surface area (Å²) >= 11 is 5.09. The average molecular weight is 252 g/mol. The van der Waals surface area contributed by atoms with Gasteiger partial charge in [-0.25, -0.2) is 0 Å². The third kappa shape index (κ3) is 3.65. The molecule has 12 heavy (non-hydrogen) atoms. The van der Waals surface area contributed by atoms with Crippen molar-refractivity contribution in [3.8, 4) is 0 Å². The molecular weight excluding hydrogens is 241 g/mol. The van der Waals surface area contributed by atoms with Gasteiger partial charge in [0.1, 0.15) is 0 Å². The molecule has 0 saturated heterocycles. The summed E-state index contributed by atoms with van der Waals surface area (Å²) in [4.78, 5) is 1.28. The Balaban J connectivity index is 2.15. The van der Waals surface area contributed by atoms with E-state index in [1.54, 1.807) is 11.3 Å². The molecule has 1 heterocycles. The van der Waals surface area contributed by atoms with Crippen molar-refractivity contribution in [3.63, 3.8) is 0 Å². The highest BCUT2D eigenvalue weighted by atomic mass is 79.9. The Kier molecular flexibility index (Phi) is 4.80. The summed E-state index contributed by atoms with van der Waals surface area (Å²) in [6.07, 6.45) is 0.604. The molecule has 1 aromatic rings. The summed E-state index contributed by atoms with van der Waals surface area (Å²) in [5.74, 6) is 0. The predicted molar refractivity (Wildman–Crippen MR) is 54.3 cm³/mol. The van der Waals surface area contributed by atoms with Gasteiger partial charge in [0.15, 0.2) is 0 Å². The Morgan fingerprint density at radius 2 is 2.33 bits per heavy atom. The minimum Gasteiger partial charge on any atom is -0.312 e. The van der Waals surface area contributed by atoms with Gasteiger partial charge in [0, 0.05) is 11.4 Å². The van der Waals surface area contributed by atoms with E-state index in [9.17, 15) is 4.39 Å². The van der Waals surface area contributed by atoms with E-state index in [1.807, 2.05) is 6.07 Å². The maximum atomic E-state index is 11.7. The molecule has 0 radical (unpaired) electrons. The lowest BCUT2D eigenvalue weighted by Gasteiger charge is -1.98. The van der Waals surface area contributed by atoms with Crippen LogP contribution in [0.25, 0.3) is 0 Å². The van der Waals surface area contributed by atoms with Gasteiger partial charge in [-0.2, -0.15) is 0 Å². The minimum absolute atomic E-state index is 0.235. The second-order valence-corrected chi connectivity index (χ2v) is 4.97. The standard InChI is InChI=1S/C8H11BrFNS/c9-8-3-2-7(12-8)6-11-5-1-4-10/h2-3,11H,1,4-6H2. The smallest absolute Gasteiger partial charge is 0.0906 e. The van der Waals surface area contributed by atoms with Crippen LogP contribution in [0.15, 0.2) is 15.9 Å². The topological polar surface area (TPSA) is 12.0 Å². The van der Waals surface area contributed by atoms with Crippen molar-refractivity contribution in [2.24, 2.45) is 0 Å². The summed E-state index contributed by atoms with van der Waals surface area (Å²) in [6, 6.07) is 4.09. The maximum Gasteiger partial charge on any atom is 0.0906 e. The number of hydrogen-bond donors (Lipinski definition) is 1. The zero-order valence-corrected chi connectivity index (χ0v) is 9.05. The first-order valence-electron chi connectivity index (χ1n) is 3.84. The van der Waals surface area contributed by atoms with Crippen LogP contribution in [0.1, 0.15) is 11.3 Å². The quantitative estimate of drug-likeness (QED) is 0.794. The van der Waals surface area contributed by atoms with Gasteiger partial charge in [-0.1, -0.05) is 0 Å². The third-order valence-electron chi connectivity index (χ3n) is 1.42. The number of nitrogens with one attached hydrogen (secondary N) is 1. The van der Waals surface area contributed by atoms with Gasteiger partial charge in [0.25, 0.3) is 0 Å². The van der Waals surface area contributed by atoms with E-state index in [0.717, 1.165) is 16.9 Å². The Hall–Kier alpha value is 0.0700. The normalized spacial score (nSPS) is 10.5. The molecule has 4 heteroatoms. The summed E-state index contributed by atoms with van der Waals surface area (Å²) in [6.45, 7) is 1.36. The molecule has 68 valence electrons. The van der Waals surface area contributed by atoms with E-state index in [0.29, 0.717) is 6.42 Å². The highest BCUT2D eigenvalue weighted by Gasteiger charge is 1.95. The van der Waals surface area contributed by atoms with E-state index >= 15 is 0 Å². The van der Waals surface area contributed by atoms with Crippen LogP contribution in [-0.4, -0.2) is 13.2 Å². The molecule has 0 aliphatic rings. The monoisotopic (exact) mass is 251 g/mol. The van der Waals surface area contributed by atoms with Crippen molar-refractivity contribution < 1.29 is 4.39 Å². The maximum absolute atomic E-state index is 11.7. The molecule has 0 aliphatic heterocycles. The Morgan fingerprint density at radius 1 is 1.50 bits per heavy atom. The number of rotatable bonds is 5. The first kappa shape index (κ1) is 10.2. The van der Waals surface area contributed by atoms with Crippen molar-refractivity contribution in [1.29, 1.82) is 0 Å². The predicted octanol–water partition coefficient (Wildman–Crippen LogP) is 2.96. The molecule has 1 aromatic heterocycles. The molecule has 0 aromatic carbocycles. The van der Waals surface area contributed by atoms with Crippen molar-refractivity contribution in [3.05, 3.63) is 20.8 Å². The fourth-order valence-electron chi connectivity index (χ4n) is 0.850. The lowest BCUT2D eigenvalue weighted by Crippen LogP contribution is -2.14. The largest absolute Gasteiger partial charge is 0.312 e. The molecular formula is C8H11BrFNS. The van der Waals surface area contributed by atoms with Crippen LogP contribution in [0.2, 0.25) is 0 Å². The van der Waals surface area contributed by atoms with Gasteiger partial charge in [-0.05, 0) is 41.0 Å². The van der Waals surface area contributed by atoms with Crippen LogP contribution >= 0.6 is 27.3 Å². The zero-order chi connectivity index (χ0) is 8.81. The Labute approximate surface area is 84.1 Å². The molecule has 0 atom stereocenters. The lowest BCUT2D eigenvalue weighted by molar-refractivity contribution is 0.459. The first-order chi connectivity index (χ1) is 5.83. The second-order valence-electron chi connectivity index (χ2n) is 2.43. The van der Waals surface area contributed by atoms with Crippen molar-refractivity contribution in [2.75, 3.05) is 13.2 Å². The van der Waals surface area contributed by atoms with Gasteiger partial charge in [0.2, 0.25) is 0 Å². The number of alkyl halides is 1. The molecule has 0 amide bonds.